The van der Waals surface area contributed by atoms with Gasteiger partial charge in [-0.2, -0.15) is 0 Å². The van der Waals surface area contributed by atoms with Crippen molar-refractivity contribution in [2.24, 2.45) is 5.84 Å². The van der Waals surface area contributed by atoms with Crippen molar-refractivity contribution in [2.45, 2.75) is 31.2 Å². The molecular weight excluding hydrogens is 300 g/mol. The van der Waals surface area contributed by atoms with Gasteiger partial charge in [0, 0.05) is 21.7 Å². The Hall–Kier alpha value is -1.00. The molecular formula is C17H21ClN2S. The van der Waals surface area contributed by atoms with Gasteiger partial charge in [-0.25, -0.2) is 0 Å². The van der Waals surface area contributed by atoms with Crippen LogP contribution in [0.25, 0.3) is 0 Å². The van der Waals surface area contributed by atoms with Gasteiger partial charge in [0.05, 0.1) is 0 Å². The second-order valence-corrected chi connectivity index (χ2v) is 6.86. The highest BCUT2D eigenvalue weighted by molar-refractivity contribution is 7.99. The normalized spacial score (nSPS) is 12.4. The lowest BCUT2D eigenvalue weighted by molar-refractivity contribution is 0.575. The fraction of sp³-hybridized carbons (Fsp3) is 0.294. The van der Waals surface area contributed by atoms with Crippen LogP contribution in [0.2, 0.25) is 5.02 Å². The summed E-state index contributed by atoms with van der Waals surface area (Å²) >= 11 is 7.77. The van der Waals surface area contributed by atoms with Crippen molar-refractivity contribution in [1.29, 1.82) is 0 Å². The Balaban J connectivity index is 1.96. The molecule has 4 heteroatoms. The predicted molar refractivity (Wildman–Crippen MR) is 92.9 cm³/mol. The van der Waals surface area contributed by atoms with Crippen LogP contribution in [0.3, 0.4) is 0 Å². The monoisotopic (exact) mass is 320 g/mol. The molecule has 2 nitrogen and oxygen atoms in total. The quantitative estimate of drug-likeness (QED) is 0.477. The average molecular weight is 321 g/mol. The van der Waals surface area contributed by atoms with Gasteiger partial charge in [0.25, 0.3) is 0 Å². The summed E-state index contributed by atoms with van der Waals surface area (Å²) in [5.41, 5.74) is 6.83. The Labute approximate surface area is 136 Å². The number of hydrazine groups is 1. The molecule has 112 valence electrons. The second kappa shape index (κ2) is 7.85. The maximum atomic E-state index is 6.00. The van der Waals surface area contributed by atoms with E-state index < -0.39 is 0 Å². The van der Waals surface area contributed by atoms with Crippen molar-refractivity contribution in [3.63, 3.8) is 0 Å². The lowest BCUT2D eigenvalue weighted by atomic mass is 10.0. The van der Waals surface area contributed by atoms with Gasteiger partial charge in [0.1, 0.15) is 0 Å². The van der Waals surface area contributed by atoms with Crippen LogP contribution in [0.5, 0.6) is 0 Å². The fourth-order valence-electron chi connectivity index (χ4n) is 2.39. The Morgan fingerprint density at radius 2 is 1.86 bits per heavy atom. The van der Waals surface area contributed by atoms with Crippen LogP contribution in [0, 0.1) is 13.8 Å². The highest BCUT2D eigenvalue weighted by Gasteiger charge is 2.09. The van der Waals surface area contributed by atoms with Gasteiger partial charge in [-0.15, -0.1) is 11.8 Å². The van der Waals surface area contributed by atoms with Crippen molar-refractivity contribution >= 4 is 23.4 Å². The largest absolute Gasteiger partial charge is 0.271 e. The number of benzene rings is 2. The molecule has 2 rings (SSSR count). The molecule has 0 spiro atoms. The molecule has 0 aliphatic rings. The van der Waals surface area contributed by atoms with Crippen molar-refractivity contribution in [1.82, 2.24) is 5.43 Å². The van der Waals surface area contributed by atoms with E-state index in [1.165, 1.54) is 21.6 Å². The Morgan fingerprint density at radius 3 is 2.48 bits per heavy atom. The number of aryl methyl sites for hydroxylation is 2. The number of rotatable bonds is 6. The number of hydrogen-bond donors (Lipinski definition) is 2. The molecule has 0 saturated carbocycles. The van der Waals surface area contributed by atoms with Gasteiger partial charge >= 0.3 is 0 Å². The third-order valence-electron chi connectivity index (χ3n) is 3.25. The van der Waals surface area contributed by atoms with Crippen molar-refractivity contribution in [2.75, 3.05) is 5.75 Å². The van der Waals surface area contributed by atoms with Crippen LogP contribution in [-0.2, 0) is 6.42 Å². The first-order valence-corrected chi connectivity index (χ1v) is 8.35. The van der Waals surface area contributed by atoms with E-state index in [4.69, 9.17) is 17.4 Å². The molecule has 3 N–H and O–H groups in total. The van der Waals surface area contributed by atoms with E-state index in [9.17, 15) is 0 Å². The second-order valence-electron chi connectivity index (χ2n) is 5.33. The van der Waals surface area contributed by atoms with E-state index in [0.29, 0.717) is 0 Å². The Bertz CT molecular complexity index is 581. The summed E-state index contributed by atoms with van der Waals surface area (Å²) < 4.78 is 0. The number of halogens is 1. The first-order chi connectivity index (χ1) is 10.1. The molecule has 0 aliphatic heterocycles. The number of nitrogens with one attached hydrogen (secondary N) is 1. The lowest BCUT2D eigenvalue weighted by Gasteiger charge is -2.16. The minimum absolute atomic E-state index is 0.232. The highest BCUT2D eigenvalue weighted by Crippen LogP contribution is 2.23. The molecule has 0 aromatic heterocycles. The van der Waals surface area contributed by atoms with Gasteiger partial charge in [-0.05, 0) is 44.0 Å². The number of nitrogens with two attached hydrogens (primary N) is 1. The maximum absolute atomic E-state index is 6.00. The number of hydrogen-bond acceptors (Lipinski definition) is 3. The Kier molecular flexibility index (Phi) is 6.12. The molecule has 0 bridgehead atoms. The van der Waals surface area contributed by atoms with Crippen LogP contribution >= 0.6 is 23.4 Å². The number of thioether (sulfide) groups is 1. The molecule has 21 heavy (non-hydrogen) atoms. The van der Waals surface area contributed by atoms with Crippen molar-refractivity contribution in [3.05, 3.63) is 64.2 Å². The van der Waals surface area contributed by atoms with E-state index in [-0.39, 0.29) is 6.04 Å². The molecule has 0 aliphatic carbocycles. The molecule has 0 radical (unpaired) electrons. The predicted octanol–water partition coefficient (Wildman–Crippen LogP) is 4.12. The summed E-state index contributed by atoms with van der Waals surface area (Å²) in [5, 5.41) is 0.770. The Morgan fingerprint density at radius 1 is 1.14 bits per heavy atom. The molecule has 0 fully saturated rings. The zero-order chi connectivity index (χ0) is 15.2. The SMILES string of the molecule is Cc1cc(C)cc(CC(CSc2cccc(Cl)c2)NN)c1. The van der Waals surface area contributed by atoms with E-state index in [1.54, 1.807) is 11.8 Å². The standard InChI is InChI=1S/C17H21ClN2S/c1-12-6-13(2)8-14(7-12)9-16(20-19)11-21-17-5-3-4-15(18)10-17/h3-8,10,16,20H,9,11,19H2,1-2H3. The van der Waals surface area contributed by atoms with Gasteiger partial charge in [-0.1, -0.05) is 47.0 Å². The van der Waals surface area contributed by atoms with Crippen LogP contribution in [-0.4, -0.2) is 11.8 Å². The summed E-state index contributed by atoms with van der Waals surface area (Å²) in [6.45, 7) is 4.25. The molecule has 0 saturated heterocycles. The third kappa shape index (κ3) is 5.36. The van der Waals surface area contributed by atoms with E-state index in [2.05, 4.69) is 43.5 Å². The summed E-state index contributed by atoms with van der Waals surface area (Å²) in [6.07, 6.45) is 0.923. The smallest absolute Gasteiger partial charge is 0.0417 e. The fourth-order valence-corrected chi connectivity index (χ4v) is 3.64. The van der Waals surface area contributed by atoms with Crippen LogP contribution in [0.1, 0.15) is 16.7 Å². The van der Waals surface area contributed by atoms with Gasteiger partial charge in [0.2, 0.25) is 0 Å². The van der Waals surface area contributed by atoms with E-state index >= 15 is 0 Å². The maximum Gasteiger partial charge on any atom is 0.0417 e. The summed E-state index contributed by atoms with van der Waals surface area (Å²) in [4.78, 5) is 1.17. The molecule has 2 aromatic carbocycles. The van der Waals surface area contributed by atoms with Gasteiger partial charge in [-0.3, -0.25) is 11.3 Å². The van der Waals surface area contributed by atoms with Crippen LogP contribution < -0.4 is 11.3 Å². The van der Waals surface area contributed by atoms with Gasteiger partial charge < -0.3 is 0 Å². The van der Waals surface area contributed by atoms with Crippen molar-refractivity contribution in [3.8, 4) is 0 Å². The highest BCUT2D eigenvalue weighted by atomic mass is 35.5. The van der Waals surface area contributed by atoms with Crippen LogP contribution in [0.15, 0.2) is 47.4 Å². The summed E-state index contributed by atoms with van der Waals surface area (Å²) in [5.74, 6) is 6.61. The first kappa shape index (κ1) is 16.4. The first-order valence-electron chi connectivity index (χ1n) is 6.98. The zero-order valence-electron chi connectivity index (χ0n) is 12.4. The van der Waals surface area contributed by atoms with E-state index in [0.717, 1.165) is 17.2 Å². The molecule has 2 aromatic rings. The molecule has 0 amide bonds. The summed E-state index contributed by atoms with van der Waals surface area (Å²) in [6, 6.07) is 14.8. The van der Waals surface area contributed by atoms with E-state index in [1.807, 2.05) is 18.2 Å². The van der Waals surface area contributed by atoms with Gasteiger partial charge in [0.15, 0.2) is 0 Å². The zero-order valence-corrected chi connectivity index (χ0v) is 14.0. The lowest BCUT2D eigenvalue weighted by Crippen LogP contribution is -2.38. The molecule has 0 heterocycles. The van der Waals surface area contributed by atoms with Crippen molar-refractivity contribution < 1.29 is 0 Å². The molecule has 1 unspecified atom stereocenters. The topological polar surface area (TPSA) is 38.0 Å². The summed E-state index contributed by atoms with van der Waals surface area (Å²) in [7, 11) is 0. The minimum atomic E-state index is 0.232. The molecule has 1 atom stereocenters. The average Bonchev–Trinajstić information content (AvgIpc) is 2.42. The van der Waals surface area contributed by atoms with Crippen LogP contribution in [0.4, 0.5) is 0 Å². The third-order valence-corrected chi connectivity index (χ3v) is 4.64. The minimum Gasteiger partial charge on any atom is -0.271 e.